The van der Waals surface area contributed by atoms with Crippen molar-refractivity contribution < 1.29 is 9.59 Å². The van der Waals surface area contributed by atoms with E-state index in [0.29, 0.717) is 12.8 Å². The summed E-state index contributed by atoms with van der Waals surface area (Å²) in [4.78, 5) is 28.0. The van der Waals surface area contributed by atoms with Gasteiger partial charge in [0.25, 0.3) is 0 Å². The topological polar surface area (TPSA) is 40.6 Å². The van der Waals surface area contributed by atoms with Gasteiger partial charge < -0.3 is 9.80 Å². The van der Waals surface area contributed by atoms with Crippen molar-refractivity contribution in [2.45, 2.75) is 32.6 Å². The SMILES string of the molecule is Cc1ccc(CC(=O)N2CCC3(CC2)CC(=O)N(C)C3)cc1. The molecule has 0 radical (unpaired) electrons. The Hall–Kier alpha value is -1.84. The summed E-state index contributed by atoms with van der Waals surface area (Å²) in [7, 11) is 1.88. The van der Waals surface area contributed by atoms with E-state index in [1.807, 2.05) is 41.1 Å². The maximum absolute atomic E-state index is 12.4. The quantitative estimate of drug-likeness (QED) is 0.838. The second-order valence-electron chi connectivity index (χ2n) is 6.97. The van der Waals surface area contributed by atoms with Crippen molar-refractivity contribution in [3.63, 3.8) is 0 Å². The van der Waals surface area contributed by atoms with Gasteiger partial charge in [0.1, 0.15) is 0 Å². The lowest BCUT2D eigenvalue weighted by molar-refractivity contribution is -0.132. The van der Waals surface area contributed by atoms with Gasteiger partial charge in [0.05, 0.1) is 6.42 Å². The number of likely N-dealkylation sites (tertiary alicyclic amines) is 2. The molecule has 22 heavy (non-hydrogen) atoms. The molecule has 2 fully saturated rings. The lowest BCUT2D eigenvalue weighted by atomic mass is 9.77. The van der Waals surface area contributed by atoms with E-state index in [0.717, 1.165) is 38.0 Å². The number of rotatable bonds is 2. The van der Waals surface area contributed by atoms with E-state index in [9.17, 15) is 9.59 Å². The molecule has 0 atom stereocenters. The molecule has 0 bridgehead atoms. The summed E-state index contributed by atoms with van der Waals surface area (Å²) in [6, 6.07) is 8.16. The normalized spacial score (nSPS) is 20.7. The average molecular weight is 300 g/mol. The van der Waals surface area contributed by atoms with Gasteiger partial charge in [-0.3, -0.25) is 9.59 Å². The second kappa shape index (κ2) is 5.75. The summed E-state index contributed by atoms with van der Waals surface area (Å²) in [5.41, 5.74) is 2.41. The molecule has 4 heteroatoms. The molecule has 4 nitrogen and oxygen atoms in total. The molecule has 0 N–H and O–H groups in total. The van der Waals surface area contributed by atoms with Crippen molar-refractivity contribution in [3.8, 4) is 0 Å². The fourth-order valence-electron chi connectivity index (χ4n) is 3.66. The van der Waals surface area contributed by atoms with Crippen molar-refractivity contribution >= 4 is 11.8 Å². The molecule has 3 rings (SSSR count). The third kappa shape index (κ3) is 3.01. The van der Waals surface area contributed by atoms with Crippen LogP contribution in [0.4, 0.5) is 0 Å². The minimum absolute atomic E-state index is 0.118. The van der Waals surface area contributed by atoms with Crippen LogP contribution in [0.15, 0.2) is 24.3 Å². The van der Waals surface area contributed by atoms with Crippen molar-refractivity contribution in [2.75, 3.05) is 26.7 Å². The van der Waals surface area contributed by atoms with Gasteiger partial charge in [0.2, 0.25) is 11.8 Å². The molecular weight excluding hydrogens is 276 g/mol. The number of hydrogen-bond donors (Lipinski definition) is 0. The van der Waals surface area contributed by atoms with E-state index in [-0.39, 0.29) is 17.2 Å². The van der Waals surface area contributed by atoms with E-state index >= 15 is 0 Å². The Labute approximate surface area is 132 Å². The van der Waals surface area contributed by atoms with Crippen LogP contribution in [0.25, 0.3) is 0 Å². The highest BCUT2D eigenvalue weighted by atomic mass is 16.2. The van der Waals surface area contributed by atoms with Crippen molar-refractivity contribution in [1.82, 2.24) is 9.80 Å². The predicted molar refractivity (Wildman–Crippen MR) is 85.4 cm³/mol. The predicted octanol–water partition coefficient (Wildman–Crippen LogP) is 2.01. The molecule has 118 valence electrons. The molecule has 0 saturated carbocycles. The number of amides is 2. The molecule has 2 saturated heterocycles. The number of nitrogens with zero attached hydrogens (tertiary/aromatic N) is 2. The molecule has 2 heterocycles. The fraction of sp³-hybridized carbons (Fsp3) is 0.556. The molecule has 2 aliphatic heterocycles. The van der Waals surface area contributed by atoms with Crippen molar-refractivity contribution in [1.29, 1.82) is 0 Å². The second-order valence-corrected chi connectivity index (χ2v) is 6.97. The summed E-state index contributed by atoms with van der Waals surface area (Å²) in [5, 5.41) is 0. The lowest BCUT2D eigenvalue weighted by Gasteiger charge is -2.38. The van der Waals surface area contributed by atoms with Crippen LogP contribution in [0, 0.1) is 12.3 Å². The first-order chi connectivity index (χ1) is 10.5. The van der Waals surface area contributed by atoms with Gasteiger partial charge in [-0.25, -0.2) is 0 Å². The first-order valence-electron chi connectivity index (χ1n) is 8.05. The summed E-state index contributed by atoms with van der Waals surface area (Å²) in [6.45, 7) is 4.47. The van der Waals surface area contributed by atoms with Gasteiger partial charge in [-0.05, 0) is 25.3 Å². The van der Waals surface area contributed by atoms with E-state index in [1.165, 1.54) is 5.56 Å². The highest BCUT2D eigenvalue weighted by molar-refractivity contribution is 5.80. The van der Waals surface area contributed by atoms with E-state index in [2.05, 4.69) is 6.92 Å². The monoisotopic (exact) mass is 300 g/mol. The van der Waals surface area contributed by atoms with Gasteiger partial charge in [0, 0.05) is 38.5 Å². The van der Waals surface area contributed by atoms with E-state index in [1.54, 1.807) is 0 Å². The summed E-state index contributed by atoms with van der Waals surface area (Å²) in [5.74, 6) is 0.454. The number of aryl methyl sites for hydroxylation is 1. The largest absolute Gasteiger partial charge is 0.345 e. The fourth-order valence-corrected chi connectivity index (χ4v) is 3.66. The van der Waals surface area contributed by atoms with Crippen LogP contribution in [0.1, 0.15) is 30.4 Å². The molecule has 2 amide bonds. The molecule has 0 aliphatic carbocycles. The first-order valence-corrected chi connectivity index (χ1v) is 8.05. The van der Waals surface area contributed by atoms with Crippen molar-refractivity contribution in [3.05, 3.63) is 35.4 Å². The number of carbonyl (C=O) groups is 2. The van der Waals surface area contributed by atoms with Crippen LogP contribution < -0.4 is 0 Å². The van der Waals surface area contributed by atoms with Gasteiger partial charge in [-0.1, -0.05) is 29.8 Å². The minimum atomic E-state index is 0.118. The maximum atomic E-state index is 12.4. The van der Waals surface area contributed by atoms with Crippen LogP contribution in [-0.2, 0) is 16.0 Å². The number of piperidine rings is 1. The van der Waals surface area contributed by atoms with Crippen LogP contribution in [0.3, 0.4) is 0 Å². The zero-order valence-electron chi connectivity index (χ0n) is 13.5. The standard InChI is InChI=1S/C18H24N2O2/c1-14-3-5-15(6-4-14)11-16(21)20-9-7-18(8-10-20)12-17(22)19(2)13-18/h3-6H,7-13H2,1-2H3. The zero-order chi connectivity index (χ0) is 15.7. The third-order valence-electron chi connectivity index (χ3n) is 5.18. The van der Waals surface area contributed by atoms with Crippen molar-refractivity contribution in [2.24, 2.45) is 5.41 Å². The zero-order valence-corrected chi connectivity index (χ0v) is 13.5. The molecule has 2 aliphatic rings. The van der Waals surface area contributed by atoms with Crippen LogP contribution in [0.2, 0.25) is 0 Å². The van der Waals surface area contributed by atoms with Crippen LogP contribution in [-0.4, -0.2) is 48.3 Å². The number of benzene rings is 1. The molecule has 0 aromatic heterocycles. The summed E-state index contributed by atoms with van der Waals surface area (Å²) in [6.07, 6.45) is 3.03. The Balaban J connectivity index is 1.56. The molecule has 1 aromatic carbocycles. The Morgan fingerprint density at radius 3 is 2.36 bits per heavy atom. The van der Waals surface area contributed by atoms with E-state index < -0.39 is 0 Å². The average Bonchev–Trinajstić information content (AvgIpc) is 2.76. The first kappa shape index (κ1) is 15.1. The van der Waals surface area contributed by atoms with Gasteiger partial charge in [0.15, 0.2) is 0 Å². The van der Waals surface area contributed by atoms with Crippen LogP contribution in [0.5, 0.6) is 0 Å². The summed E-state index contributed by atoms with van der Waals surface area (Å²) >= 11 is 0. The highest BCUT2D eigenvalue weighted by Gasteiger charge is 2.44. The Morgan fingerprint density at radius 2 is 1.82 bits per heavy atom. The molecular formula is C18H24N2O2. The number of carbonyl (C=O) groups excluding carboxylic acids is 2. The lowest BCUT2D eigenvalue weighted by Crippen LogP contribution is -2.44. The molecule has 1 spiro atoms. The van der Waals surface area contributed by atoms with E-state index in [4.69, 9.17) is 0 Å². The van der Waals surface area contributed by atoms with Gasteiger partial charge >= 0.3 is 0 Å². The summed E-state index contributed by atoms with van der Waals surface area (Å²) < 4.78 is 0. The van der Waals surface area contributed by atoms with Gasteiger partial charge in [-0.15, -0.1) is 0 Å². The van der Waals surface area contributed by atoms with Crippen LogP contribution >= 0.6 is 0 Å². The maximum Gasteiger partial charge on any atom is 0.226 e. The highest BCUT2D eigenvalue weighted by Crippen LogP contribution is 2.40. The molecule has 0 unspecified atom stereocenters. The Kier molecular flexibility index (Phi) is 3.94. The Bertz CT molecular complexity index is 571. The Morgan fingerprint density at radius 1 is 1.18 bits per heavy atom. The minimum Gasteiger partial charge on any atom is -0.345 e. The third-order valence-corrected chi connectivity index (χ3v) is 5.18. The smallest absolute Gasteiger partial charge is 0.226 e. The number of hydrogen-bond acceptors (Lipinski definition) is 2. The molecule has 1 aromatic rings. The van der Waals surface area contributed by atoms with Gasteiger partial charge in [-0.2, -0.15) is 0 Å².